The molecule has 4 heteroatoms. The van der Waals surface area contributed by atoms with Crippen LogP contribution in [-0.4, -0.2) is 19.7 Å². The molecule has 1 heterocycles. The number of benzene rings is 1. The van der Waals surface area contributed by atoms with Crippen LogP contribution in [0.15, 0.2) is 18.2 Å². The number of hydrogen-bond donors (Lipinski definition) is 1. The molecular formula is C12H14Cl2NO. The Kier molecular flexibility index (Phi) is 4.09. The van der Waals surface area contributed by atoms with Gasteiger partial charge in [-0.1, -0.05) is 29.3 Å². The minimum absolute atomic E-state index is 0.00948. The Hall–Kier alpha value is -0.280. The molecule has 1 saturated heterocycles. The molecule has 1 aromatic rings. The average molecular weight is 259 g/mol. The quantitative estimate of drug-likeness (QED) is 0.836. The standard InChI is InChI=1S/C12H14Cl2NO/c1-8-7-15-4-5-16-12(8)9-2-3-10(13)11(14)6-9/h2-3,6,8,12,15H,1,4-5,7H2/t8-,12+/m0/s1. The molecule has 2 nitrogen and oxygen atoms in total. The Balaban J connectivity index is 2.23. The Bertz CT molecular complexity index is 370. The molecule has 1 fully saturated rings. The van der Waals surface area contributed by atoms with E-state index < -0.39 is 0 Å². The van der Waals surface area contributed by atoms with Crippen molar-refractivity contribution in [3.05, 3.63) is 40.7 Å². The highest BCUT2D eigenvalue weighted by Gasteiger charge is 2.22. The maximum absolute atomic E-state index is 6.00. The highest BCUT2D eigenvalue weighted by atomic mass is 35.5. The van der Waals surface area contributed by atoms with E-state index in [4.69, 9.17) is 27.9 Å². The lowest BCUT2D eigenvalue weighted by Gasteiger charge is -2.21. The minimum Gasteiger partial charge on any atom is -0.372 e. The molecule has 0 bridgehead atoms. The highest BCUT2D eigenvalue weighted by Crippen LogP contribution is 2.31. The van der Waals surface area contributed by atoms with Crippen molar-refractivity contribution >= 4 is 23.2 Å². The van der Waals surface area contributed by atoms with Crippen molar-refractivity contribution in [2.75, 3.05) is 19.7 Å². The third kappa shape index (κ3) is 2.69. The summed E-state index contributed by atoms with van der Waals surface area (Å²) in [6.45, 7) is 6.51. The monoisotopic (exact) mass is 258 g/mol. The van der Waals surface area contributed by atoms with Crippen LogP contribution in [0.2, 0.25) is 10.0 Å². The summed E-state index contributed by atoms with van der Waals surface area (Å²) in [5.41, 5.74) is 1.04. The topological polar surface area (TPSA) is 21.3 Å². The molecule has 1 aromatic carbocycles. The number of hydrogen-bond acceptors (Lipinski definition) is 2. The molecule has 2 rings (SSSR count). The van der Waals surface area contributed by atoms with Crippen molar-refractivity contribution in [1.29, 1.82) is 0 Å². The summed E-state index contributed by atoms with van der Waals surface area (Å²) >= 11 is 11.9. The van der Waals surface area contributed by atoms with E-state index in [2.05, 4.69) is 12.2 Å². The highest BCUT2D eigenvalue weighted by molar-refractivity contribution is 6.42. The van der Waals surface area contributed by atoms with Crippen LogP contribution in [-0.2, 0) is 4.74 Å². The van der Waals surface area contributed by atoms with E-state index in [1.807, 2.05) is 12.1 Å². The zero-order valence-corrected chi connectivity index (χ0v) is 10.4. The minimum atomic E-state index is -0.00948. The Morgan fingerprint density at radius 2 is 2.12 bits per heavy atom. The molecule has 0 aliphatic carbocycles. The van der Waals surface area contributed by atoms with Crippen LogP contribution in [0.1, 0.15) is 11.7 Å². The second-order valence-corrected chi connectivity index (χ2v) is 4.74. The molecular weight excluding hydrogens is 245 g/mol. The molecule has 1 aliphatic rings. The van der Waals surface area contributed by atoms with E-state index in [-0.39, 0.29) is 12.0 Å². The van der Waals surface area contributed by atoms with E-state index in [0.29, 0.717) is 16.7 Å². The lowest BCUT2D eigenvalue weighted by molar-refractivity contribution is 0.0430. The van der Waals surface area contributed by atoms with Gasteiger partial charge >= 0.3 is 0 Å². The van der Waals surface area contributed by atoms with Gasteiger partial charge in [0.15, 0.2) is 0 Å². The zero-order chi connectivity index (χ0) is 11.5. The van der Waals surface area contributed by atoms with Crippen LogP contribution in [0.5, 0.6) is 0 Å². The Labute approximate surface area is 106 Å². The molecule has 0 aromatic heterocycles. The van der Waals surface area contributed by atoms with Gasteiger partial charge in [0, 0.05) is 19.0 Å². The van der Waals surface area contributed by atoms with Crippen LogP contribution < -0.4 is 5.32 Å². The molecule has 1 N–H and O–H groups in total. The third-order valence-corrected chi connectivity index (χ3v) is 3.42. The normalized spacial score (nSPS) is 26.4. The second-order valence-electron chi connectivity index (χ2n) is 3.93. The SMILES string of the molecule is [CH2][C@H]1CNCCO[C@H]1c1ccc(Cl)c(Cl)c1. The van der Waals surface area contributed by atoms with E-state index in [1.165, 1.54) is 0 Å². The largest absolute Gasteiger partial charge is 0.372 e. The number of ether oxygens (including phenoxy) is 1. The van der Waals surface area contributed by atoms with Crippen LogP contribution >= 0.6 is 23.2 Å². The average Bonchev–Trinajstić information content (AvgIpc) is 2.47. The van der Waals surface area contributed by atoms with Gasteiger partial charge in [-0.15, -0.1) is 0 Å². The maximum atomic E-state index is 6.00. The second kappa shape index (κ2) is 5.37. The van der Waals surface area contributed by atoms with Gasteiger partial charge in [-0.05, 0) is 24.6 Å². The molecule has 87 valence electrons. The molecule has 1 radical (unpaired) electrons. The van der Waals surface area contributed by atoms with Gasteiger partial charge < -0.3 is 10.1 Å². The molecule has 2 atom stereocenters. The van der Waals surface area contributed by atoms with E-state index >= 15 is 0 Å². The Morgan fingerprint density at radius 3 is 2.88 bits per heavy atom. The first-order valence-electron chi connectivity index (χ1n) is 5.29. The lowest BCUT2D eigenvalue weighted by Crippen LogP contribution is -2.22. The summed E-state index contributed by atoms with van der Waals surface area (Å²) in [4.78, 5) is 0. The van der Waals surface area contributed by atoms with Crippen LogP contribution in [0, 0.1) is 12.8 Å². The van der Waals surface area contributed by atoms with Gasteiger partial charge in [0.2, 0.25) is 0 Å². The predicted molar refractivity (Wildman–Crippen MR) is 66.9 cm³/mol. The van der Waals surface area contributed by atoms with Crippen molar-refractivity contribution in [2.24, 2.45) is 5.92 Å². The molecule has 1 aliphatic heterocycles. The predicted octanol–water partition coefficient (Wildman–Crippen LogP) is 3.10. The fraction of sp³-hybridized carbons (Fsp3) is 0.417. The van der Waals surface area contributed by atoms with Crippen LogP contribution in [0.3, 0.4) is 0 Å². The van der Waals surface area contributed by atoms with Gasteiger partial charge in [-0.3, -0.25) is 0 Å². The molecule has 0 saturated carbocycles. The van der Waals surface area contributed by atoms with Crippen LogP contribution in [0.25, 0.3) is 0 Å². The lowest BCUT2D eigenvalue weighted by atomic mass is 9.97. The summed E-state index contributed by atoms with van der Waals surface area (Å²) in [6.07, 6.45) is -0.00948. The maximum Gasteiger partial charge on any atom is 0.0866 e. The summed E-state index contributed by atoms with van der Waals surface area (Å²) in [7, 11) is 0. The molecule has 0 amide bonds. The Morgan fingerprint density at radius 1 is 1.31 bits per heavy atom. The van der Waals surface area contributed by atoms with Crippen molar-refractivity contribution < 1.29 is 4.74 Å². The fourth-order valence-electron chi connectivity index (χ4n) is 1.85. The number of rotatable bonds is 1. The summed E-state index contributed by atoms with van der Waals surface area (Å²) in [5, 5.41) is 4.41. The van der Waals surface area contributed by atoms with Crippen molar-refractivity contribution in [1.82, 2.24) is 5.32 Å². The first kappa shape index (κ1) is 12.2. The summed E-state index contributed by atoms with van der Waals surface area (Å²) in [5.74, 6) is 0.180. The van der Waals surface area contributed by atoms with E-state index in [9.17, 15) is 0 Å². The molecule has 16 heavy (non-hydrogen) atoms. The number of halogens is 2. The summed E-state index contributed by atoms with van der Waals surface area (Å²) in [6, 6.07) is 5.61. The third-order valence-electron chi connectivity index (χ3n) is 2.68. The van der Waals surface area contributed by atoms with Gasteiger partial charge in [-0.2, -0.15) is 0 Å². The zero-order valence-electron chi connectivity index (χ0n) is 8.88. The van der Waals surface area contributed by atoms with Gasteiger partial charge in [-0.25, -0.2) is 0 Å². The number of nitrogens with one attached hydrogen (secondary N) is 1. The van der Waals surface area contributed by atoms with Crippen molar-refractivity contribution in [3.63, 3.8) is 0 Å². The summed E-state index contributed by atoms with van der Waals surface area (Å²) < 4.78 is 5.77. The fourth-order valence-corrected chi connectivity index (χ4v) is 2.15. The van der Waals surface area contributed by atoms with Crippen molar-refractivity contribution in [3.8, 4) is 0 Å². The smallest absolute Gasteiger partial charge is 0.0866 e. The van der Waals surface area contributed by atoms with Gasteiger partial charge in [0.05, 0.1) is 22.8 Å². The van der Waals surface area contributed by atoms with E-state index in [1.54, 1.807) is 6.07 Å². The van der Waals surface area contributed by atoms with Crippen molar-refractivity contribution in [2.45, 2.75) is 6.10 Å². The molecule has 0 spiro atoms. The van der Waals surface area contributed by atoms with Crippen LogP contribution in [0.4, 0.5) is 0 Å². The van der Waals surface area contributed by atoms with Gasteiger partial charge in [0.25, 0.3) is 0 Å². The van der Waals surface area contributed by atoms with Gasteiger partial charge in [0.1, 0.15) is 0 Å². The first-order valence-corrected chi connectivity index (χ1v) is 6.04. The van der Waals surface area contributed by atoms with E-state index in [0.717, 1.165) is 18.7 Å². The molecule has 0 unspecified atom stereocenters. The first-order chi connectivity index (χ1) is 7.68.